The van der Waals surface area contributed by atoms with Crippen molar-refractivity contribution in [2.45, 2.75) is 104 Å². The maximum Gasteiger partial charge on any atom is 0.514 e. The summed E-state index contributed by atoms with van der Waals surface area (Å²) >= 11 is 0. The second-order valence-corrected chi connectivity index (χ2v) is 11.3. The van der Waals surface area contributed by atoms with Crippen LogP contribution in [0.25, 0.3) is 0 Å². The average molecular weight is 568 g/mol. The lowest BCUT2D eigenvalue weighted by Crippen LogP contribution is -2.51. The van der Waals surface area contributed by atoms with Crippen LogP contribution in [0.15, 0.2) is 18.2 Å². The molecule has 11 heteroatoms. The minimum atomic E-state index is -1.57. The molecule has 0 saturated heterocycles. The summed E-state index contributed by atoms with van der Waals surface area (Å²) in [7, 11) is 1.20. The predicted molar refractivity (Wildman–Crippen MR) is 147 cm³/mol. The molecule has 0 aliphatic heterocycles. The predicted octanol–water partition coefficient (Wildman–Crippen LogP) is 5.49. The lowest BCUT2D eigenvalue weighted by Gasteiger charge is -2.27. The third-order valence-electron chi connectivity index (χ3n) is 6.31. The van der Waals surface area contributed by atoms with E-state index in [1.807, 2.05) is 27.7 Å². The SMILES string of the molecule is CCC(C)(C)OC(=O)Oc1ccc(C[C@](N)(CCOC(=O)CC(C)C)C(=O)OC)cc1OC(=O)OC(C)(C)CC. The molecule has 11 nitrogen and oxygen atoms in total. The van der Waals surface area contributed by atoms with Gasteiger partial charge in [0.15, 0.2) is 11.5 Å². The van der Waals surface area contributed by atoms with E-state index in [1.54, 1.807) is 33.8 Å². The minimum absolute atomic E-state index is 0.0247. The summed E-state index contributed by atoms with van der Waals surface area (Å²) < 4.78 is 31.6. The first-order valence-electron chi connectivity index (χ1n) is 13.4. The van der Waals surface area contributed by atoms with E-state index < -0.39 is 41.0 Å². The van der Waals surface area contributed by atoms with Crippen molar-refractivity contribution < 1.29 is 47.6 Å². The summed E-state index contributed by atoms with van der Waals surface area (Å²) in [6.45, 7) is 14.3. The fraction of sp³-hybridized carbons (Fsp3) is 0.655. The van der Waals surface area contributed by atoms with Crippen LogP contribution >= 0.6 is 0 Å². The highest BCUT2D eigenvalue weighted by atomic mass is 16.8. The number of carbonyl (C=O) groups is 4. The third kappa shape index (κ3) is 11.8. The molecule has 226 valence electrons. The number of carbonyl (C=O) groups excluding carboxylic acids is 4. The zero-order valence-electron chi connectivity index (χ0n) is 25.2. The Balaban J connectivity index is 3.26. The molecule has 0 aliphatic carbocycles. The van der Waals surface area contributed by atoms with Gasteiger partial charge in [-0.1, -0.05) is 33.8 Å². The molecule has 0 aromatic heterocycles. The Bertz CT molecular complexity index is 1030. The maximum absolute atomic E-state index is 12.6. The molecule has 1 rings (SSSR count). The fourth-order valence-electron chi connectivity index (χ4n) is 3.21. The number of rotatable bonds is 14. The van der Waals surface area contributed by atoms with Crippen molar-refractivity contribution in [1.29, 1.82) is 0 Å². The molecule has 1 aromatic carbocycles. The summed E-state index contributed by atoms with van der Waals surface area (Å²) in [5.74, 6) is -1.24. The van der Waals surface area contributed by atoms with Crippen molar-refractivity contribution in [3.8, 4) is 11.5 Å². The Morgan fingerprint density at radius 2 is 1.40 bits per heavy atom. The number of esters is 2. The molecule has 1 aromatic rings. The smallest absolute Gasteiger partial charge is 0.468 e. The Morgan fingerprint density at radius 3 is 1.88 bits per heavy atom. The number of benzene rings is 1. The standard InChI is InChI=1S/C29H45NO10/c1-10-27(5,6)39-25(33)37-21-13-12-20(17-22(21)38-26(34)40-28(7,8)11-2)18-29(30,24(32)35-9)14-15-36-23(31)16-19(3)4/h12-13,17,19H,10-11,14-16,18,30H2,1-9H3/t29-/m1/s1. The molecular weight excluding hydrogens is 522 g/mol. The van der Waals surface area contributed by atoms with Gasteiger partial charge in [0.25, 0.3) is 0 Å². The number of hydrogen-bond acceptors (Lipinski definition) is 11. The van der Waals surface area contributed by atoms with Crippen molar-refractivity contribution in [2.75, 3.05) is 13.7 Å². The van der Waals surface area contributed by atoms with Crippen LogP contribution in [-0.4, -0.2) is 54.7 Å². The van der Waals surface area contributed by atoms with Gasteiger partial charge in [-0.15, -0.1) is 0 Å². The number of nitrogens with two attached hydrogens (primary N) is 1. The van der Waals surface area contributed by atoms with E-state index in [2.05, 4.69) is 0 Å². The third-order valence-corrected chi connectivity index (χ3v) is 6.31. The molecule has 0 spiro atoms. The van der Waals surface area contributed by atoms with Crippen molar-refractivity contribution in [1.82, 2.24) is 0 Å². The van der Waals surface area contributed by atoms with Gasteiger partial charge in [0, 0.05) is 19.3 Å². The Hall–Kier alpha value is -3.34. The zero-order chi connectivity index (χ0) is 30.7. The Morgan fingerprint density at radius 1 is 0.875 bits per heavy atom. The number of methoxy groups -OCH3 is 1. The van der Waals surface area contributed by atoms with Crippen LogP contribution in [0.2, 0.25) is 0 Å². The molecule has 0 saturated carbocycles. The van der Waals surface area contributed by atoms with Gasteiger partial charge >= 0.3 is 24.2 Å². The van der Waals surface area contributed by atoms with Gasteiger partial charge in [0.05, 0.1) is 13.7 Å². The van der Waals surface area contributed by atoms with Crippen LogP contribution in [0.4, 0.5) is 9.59 Å². The highest BCUT2D eigenvalue weighted by Gasteiger charge is 2.36. The monoisotopic (exact) mass is 567 g/mol. The summed E-state index contributed by atoms with van der Waals surface area (Å²) in [6.07, 6.45) is -0.787. The van der Waals surface area contributed by atoms with E-state index in [1.165, 1.54) is 19.2 Å². The molecule has 0 unspecified atom stereocenters. The van der Waals surface area contributed by atoms with Gasteiger partial charge in [-0.05, 0) is 64.2 Å². The Labute approximate surface area is 236 Å². The minimum Gasteiger partial charge on any atom is -0.468 e. The van der Waals surface area contributed by atoms with E-state index in [0.29, 0.717) is 18.4 Å². The molecule has 0 radical (unpaired) electrons. The van der Waals surface area contributed by atoms with Crippen LogP contribution < -0.4 is 15.2 Å². The molecular formula is C29H45NO10. The van der Waals surface area contributed by atoms with Crippen molar-refractivity contribution >= 4 is 24.2 Å². The topological polar surface area (TPSA) is 150 Å². The van der Waals surface area contributed by atoms with Crippen molar-refractivity contribution in [3.63, 3.8) is 0 Å². The van der Waals surface area contributed by atoms with Crippen LogP contribution in [0.5, 0.6) is 11.5 Å². The van der Waals surface area contributed by atoms with E-state index in [4.69, 9.17) is 34.2 Å². The molecule has 0 heterocycles. The molecule has 0 fully saturated rings. The van der Waals surface area contributed by atoms with Crippen LogP contribution in [0, 0.1) is 5.92 Å². The number of hydrogen-bond donors (Lipinski definition) is 1. The molecule has 0 bridgehead atoms. The first-order valence-corrected chi connectivity index (χ1v) is 13.4. The summed E-state index contributed by atoms with van der Waals surface area (Å²) in [4.78, 5) is 49.6. The van der Waals surface area contributed by atoms with E-state index in [-0.39, 0.29) is 43.3 Å². The molecule has 40 heavy (non-hydrogen) atoms. The summed E-state index contributed by atoms with van der Waals surface area (Å²) in [6, 6.07) is 4.35. The fourth-order valence-corrected chi connectivity index (χ4v) is 3.21. The van der Waals surface area contributed by atoms with Crippen LogP contribution in [0.3, 0.4) is 0 Å². The first kappa shape index (κ1) is 34.7. The normalized spacial score (nSPS) is 13.2. The van der Waals surface area contributed by atoms with Gasteiger partial charge in [-0.2, -0.15) is 0 Å². The molecule has 0 amide bonds. The van der Waals surface area contributed by atoms with Crippen LogP contribution in [0.1, 0.15) is 86.6 Å². The maximum atomic E-state index is 12.6. The van der Waals surface area contributed by atoms with E-state index in [0.717, 1.165) is 0 Å². The van der Waals surface area contributed by atoms with Crippen molar-refractivity contribution in [3.05, 3.63) is 23.8 Å². The molecule has 0 aliphatic rings. The quantitative estimate of drug-likeness (QED) is 0.173. The highest BCUT2D eigenvalue weighted by Crippen LogP contribution is 2.32. The highest BCUT2D eigenvalue weighted by molar-refractivity contribution is 5.81. The molecule has 1 atom stereocenters. The van der Waals surface area contributed by atoms with Gasteiger partial charge < -0.3 is 34.2 Å². The largest absolute Gasteiger partial charge is 0.514 e. The summed E-state index contributed by atoms with van der Waals surface area (Å²) in [5, 5.41) is 0. The zero-order valence-corrected chi connectivity index (χ0v) is 25.2. The Kier molecular flexibility index (Phi) is 12.9. The second kappa shape index (κ2) is 14.9. The van der Waals surface area contributed by atoms with Gasteiger partial charge in [-0.3, -0.25) is 9.59 Å². The first-order chi connectivity index (χ1) is 18.5. The summed E-state index contributed by atoms with van der Waals surface area (Å²) in [5.41, 5.74) is 3.73. The van der Waals surface area contributed by atoms with Gasteiger partial charge in [-0.25, -0.2) is 9.59 Å². The van der Waals surface area contributed by atoms with Crippen molar-refractivity contribution in [2.24, 2.45) is 11.7 Å². The van der Waals surface area contributed by atoms with E-state index >= 15 is 0 Å². The van der Waals surface area contributed by atoms with Gasteiger partial charge in [0.2, 0.25) is 0 Å². The lowest BCUT2D eigenvalue weighted by atomic mass is 9.88. The average Bonchev–Trinajstić information content (AvgIpc) is 2.83. The van der Waals surface area contributed by atoms with E-state index in [9.17, 15) is 19.2 Å². The second-order valence-electron chi connectivity index (χ2n) is 11.3. The van der Waals surface area contributed by atoms with Crippen LogP contribution in [-0.2, 0) is 35.0 Å². The lowest BCUT2D eigenvalue weighted by molar-refractivity contribution is -0.151. The number of ether oxygens (including phenoxy) is 6. The van der Waals surface area contributed by atoms with Gasteiger partial charge in [0.1, 0.15) is 16.7 Å². The molecule has 2 N–H and O–H groups in total.